The second-order valence-corrected chi connectivity index (χ2v) is 13.0. The highest BCUT2D eigenvalue weighted by atomic mass is 15.0. The van der Waals surface area contributed by atoms with Crippen molar-refractivity contribution in [2.75, 3.05) is 0 Å². The molecule has 2 heteroatoms. The Morgan fingerprint density at radius 3 is 1.50 bits per heavy atom. The molecule has 0 saturated heterocycles. The van der Waals surface area contributed by atoms with Crippen LogP contribution in [0.1, 0.15) is 0 Å². The topological polar surface area (TPSA) is 9.86 Å². The van der Waals surface area contributed by atoms with Crippen molar-refractivity contribution in [1.29, 1.82) is 0 Å². The normalized spacial score (nSPS) is 11.6. The summed E-state index contributed by atoms with van der Waals surface area (Å²) in [5.41, 5.74) is 14.4. The summed E-state index contributed by atoms with van der Waals surface area (Å²) in [4.78, 5) is 0. The summed E-state index contributed by atoms with van der Waals surface area (Å²) >= 11 is 0. The Labute approximate surface area is 290 Å². The standard InChI is InChI=1S/C48H32N2/c1-3-13-33(14-4-1)35-25-27-39(28-26-35)50-44-23-9-7-21-41(44)42-29-30-46-47(48(42)50)43-22-8-10-24-45(43)49(46)40-20-12-19-38(32-40)37-18-11-17-36(31-37)34-15-5-2-6-16-34/h1-32H. The second-order valence-electron chi connectivity index (χ2n) is 13.0. The Bertz CT molecular complexity index is 2840. The first kappa shape index (κ1) is 28.4. The molecule has 0 N–H and O–H groups in total. The van der Waals surface area contributed by atoms with Crippen LogP contribution in [0.5, 0.6) is 0 Å². The van der Waals surface area contributed by atoms with E-state index in [1.165, 1.54) is 77.0 Å². The lowest BCUT2D eigenvalue weighted by Crippen LogP contribution is -1.96. The summed E-state index contributed by atoms with van der Waals surface area (Å²) in [6.45, 7) is 0. The van der Waals surface area contributed by atoms with Gasteiger partial charge < -0.3 is 9.13 Å². The molecule has 0 bridgehead atoms. The van der Waals surface area contributed by atoms with Gasteiger partial charge in [-0.15, -0.1) is 0 Å². The van der Waals surface area contributed by atoms with Gasteiger partial charge in [0, 0.05) is 32.9 Å². The molecule has 0 aliphatic heterocycles. The van der Waals surface area contributed by atoms with Crippen molar-refractivity contribution in [3.63, 3.8) is 0 Å². The third kappa shape index (κ3) is 4.50. The van der Waals surface area contributed by atoms with Crippen LogP contribution in [0.2, 0.25) is 0 Å². The molecule has 234 valence electrons. The predicted molar refractivity (Wildman–Crippen MR) is 211 cm³/mol. The first-order valence-corrected chi connectivity index (χ1v) is 17.2. The van der Waals surface area contributed by atoms with Crippen molar-refractivity contribution in [2.24, 2.45) is 0 Å². The molecular weight excluding hydrogens is 605 g/mol. The minimum absolute atomic E-state index is 1.15. The number of hydrogen-bond acceptors (Lipinski definition) is 0. The minimum atomic E-state index is 1.15. The summed E-state index contributed by atoms with van der Waals surface area (Å²) in [5.74, 6) is 0. The zero-order valence-corrected chi connectivity index (χ0v) is 27.4. The lowest BCUT2D eigenvalue weighted by molar-refractivity contribution is 1.17. The van der Waals surface area contributed by atoms with Gasteiger partial charge in [-0.1, -0.05) is 146 Å². The van der Waals surface area contributed by atoms with E-state index >= 15 is 0 Å². The molecule has 10 aromatic rings. The number of nitrogens with zero attached hydrogens (tertiary/aromatic N) is 2. The van der Waals surface area contributed by atoms with E-state index in [0.717, 1.165) is 11.4 Å². The SMILES string of the molecule is c1ccc(-c2ccc(-n3c4ccccc4c4ccc5c(c6ccccc6n5-c5cccc(-c6cccc(-c7ccccc7)c6)c5)c43)cc2)cc1. The zero-order valence-electron chi connectivity index (χ0n) is 27.4. The smallest absolute Gasteiger partial charge is 0.0641 e. The fraction of sp³-hybridized carbons (Fsp3) is 0. The Morgan fingerprint density at radius 1 is 0.260 bits per heavy atom. The van der Waals surface area contributed by atoms with Crippen LogP contribution in [0.3, 0.4) is 0 Å². The van der Waals surface area contributed by atoms with Gasteiger partial charge in [-0.3, -0.25) is 0 Å². The lowest BCUT2D eigenvalue weighted by Gasteiger charge is -2.12. The quantitative estimate of drug-likeness (QED) is 0.178. The van der Waals surface area contributed by atoms with Crippen LogP contribution in [-0.4, -0.2) is 9.13 Å². The van der Waals surface area contributed by atoms with Crippen molar-refractivity contribution in [3.05, 3.63) is 194 Å². The van der Waals surface area contributed by atoms with E-state index in [1.807, 2.05) is 0 Å². The van der Waals surface area contributed by atoms with Crippen LogP contribution < -0.4 is 0 Å². The molecule has 0 unspecified atom stereocenters. The van der Waals surface area contributed by atoms with E-state index in [1.54, 1.807) is 0 Å². The third-order valence-electron chi connectivity index (χ3n) is 10.1. The third-order valence-corrected chi connectivity index (χ3v) is 10.1. The van der Waals surface area contributed by atoms with Crippen LogP contribution in [0.25, 0.3) is 88.4 Å². The molecule has 2 aromatic heterocycles. The molecule has 8 aromatic carbocycles. The number of rotatable bonds is 5. The average molecular weight is 637 g/mol. The van der Waals surface area contributed by atoms with Gasteiger partial charge >= 0.3 is 0 Å². The summed E-state index contributed by atoms with van der Waals surface area (Å²) < 4.78 is 4.90. The van der Waals surface area contributed by atoms with Crippen LogP contribution >= 0.6 is 0 Å². The van der Waals surface area contributed by atoms with Crippen LogP contribution in [0, 0.1) is 0 Å². The molecular formula is C48H32N2. The first-order valence-electron chi connectivity index (χ1n) is 17.2. The maximum Gasteiger partial charge on any atom is 0.0641 e. The highest BCUT2D eigenvalue weighted by Crippen LogP contribution is 2.42. The maximum atomic E-state index is 2.46. The fourth-order valence-corrected chi connectivity index (χ4v) is 7.82. The Morgan fingerprint density at radius 2 is 0.780 bits per heavy atom. The molecule has 0 radical (unpaired) electrons. The van der Waals surface area contributed by atoms with Crippen molar-refractivity contribution >= 4 is 43.6 Å². The van der Waals surface area contributed by atoms with E-state index < -0.39 is 0 Å². The van der Waals surface area contributed by atoms with E-state index in [2.05, 4.69) is 203 Å². The molecule has 0 fully saturated rings. The molecule has 0 saturated carbocycles. The van der Waals surface area contributed by atoms with Gasteiger partial charge in [0.05, 0.1) is 22.1 Å². The minimum Gasteiger partial charge on any atom is -0.309 e. The van der Waals surface area contributed by atoms with E-state index in [0.29, 0.717) is 0 Å². The van der Waals surface area contributed by atoms with Crippen molar-refractivity contribution in [1.82, 2.24) is 9.13 Å². The van der Waals surface area contributed by atoms with Gasteiger partial charge in [-0.05, 0) is 81.9 Å². The van der Waals surface area contributed by atoms with Crippen molar-refractivity contribution < 1.29 is 0 Å². The fourth-order valence-electron chi connectivity index (χ4n) is 7.82. The summed E-state index contributed by atoms with van der Waals surface area (Å²) in [7, 11) is 0. The molecule has 0 atom stereocenters. The van der Waals surface area contributed by atoms with E-state index in [9.17, 15) is 0 Å². The Hall–Kier alpha value is -6.64. The van der Waals surface area contributed by atoms with E-state index in [4.69, 9.17) is 0 Å². The first-order chi connectivity index (χ1) is 24.8. The molecule has 0 spiro atoms. The molecule has 0 amide bonds. The van der Waals surface area contributed by atoms with Gasteiger partial charge in [-0.2, -0.15) is 0 Å². The van der Waals surface area contributed by atoms with Crippen LogP contribution in [-0.2, 0) is 0 Å². The molecule has 10 rings (SSSR count). The predicted octanol–water partition coefficient (Wildman–Crippen LogP) is 12.9. The Balaban J connectivity index is 1.20. The van der Waals surface area contributed by atoms with E-state index in [-0.39, 0.29) is 0 Å². The maximum absolute atomic E-state index is 2.46. The van der Waals surface area contributed by atoms with Gasteiger partial charge in [0.1, 0.15) is 0 Å². The lowest BCUT2D eigenvalue weighted by atomic mass is 9.99. The highest BCUT2D eigenvalue weighted by Gasteiger charge is 2.21. The van der Waals surface area contributed by atoms with Crippen molar-refractivity contribution in [3.8, 4) is 44.8 Å². The summed E-state index contributed by atoms with van der Waals surface area (Å²) in [6, 6.07) is 70.3. The largest absolute Gasteiger partial charge is 0.309 e. The number of para-hydroxylation sites is 2. The van der Waals surface area contributed by atoms with Gasteiger partial charge in [0.15, 0.2) is 0 Å². The molecule has 50 heavy (non-hydrogen) atoms. The summed E-state index contributed by atoms with van der Waals surface area (Å²) in [6.07, 6.45) is 0. The van der Waals surface area contributed by atoms with Crippen LogP contribution in [0.15, 0.2) is 194 Å². The van der Waals surface area contributed by atoms with Gasteiger partial charge in [0.2, 0.25) is 0 Å². The number of hydrogen-bond donors (Lipinski definition) is 0. The summed E-state index contributed by atoms with van der Waals surface area (Å²) in [5, 5.41) is 5.02. The van der Waals surface area contributed by atoms with Crippen LogP contribution in [0.4, 0.5) is 0 Å². The number of benzene rings is 8. The molecule has 2 heterocycles. The average Bonchev–Trinajstić information content (AvgIpc) is 3.72. The molecule has 0 aliphatic rings. The van der Waals surface area contributed by atoms with Crippen molar-refractivity contribution in [2.45, 2.75) is 0 Å². The Kier molecular flexibility index (Phi) is 6.53. The zero-order chi connectivity index (χ0) is 33.0. The molecule has 2 nitrogen and oxygen atoms in total. The van der Waals surface area contributed by atoms with Gasteiger partial charge in [-0.25, -0.2) is 0 Å². The number of aromatic nitrogens is 2. The number of fused-ring (bicyclic) bond motifs is 7. The second kappa shape index (κ2) is 11.5. The highest BCUT2D eigenvalue weighted by molar-refractivity contribution is 6.26. The monoisotopic (exact) mass is 636 g/mol. The van der Waals surface area contributed by atoms with Gasteiger partial charge in [0.25, 0.3) is 0 Å². The molecule has 0 aliphatic carbocycles.